The largest absolute Gasteiger partial charge is 0.441 e. The van der Waals surface area contributed by atoms with Gasteiger partial charge in [0.15, 0.2) is 11.5 Å². The average Bonchev–Trinajstić information content (AvgIpc) is 2.58. The minimum Gasteiger partial charge on any atom is -0.441 e. The lowest BCUT2D eigenvalue weighted by Crippen LogP contribution is -2.24. The Morgan fingerprint density at radius 2 is 2.25 bits per heavy atom. The van der Waals surface area contributed by atoms with Crippen LogP contribution in [0.3, 0.4) is 0 Å². The molecule has 1 heterocycles. The fraction of sp³-hybridized carbons (Fsp3) is 0.417. The van der Waals surface area contributed by atoms with Crippen molar-refractivity contribution in [3.05, 3.63) is 29.1 Å². The Morgan fingerprint density at radius 3 is 3.00 bits per heavy atom. The first-order chi connectivity index (χ1) is 7.65. The molecule has 1 aromatic heterocycles. The van der Waals surface area contributed by atoms with Crippen molar-refractivity contribution in [3.8, 4) is 0 Å². The monoisotopic (exact) mass is 238 g/mol. The van der Waals surface area contributed by atoms with E-state index in [1.807, 2.05) is 12.1 Å². The van der Waals surface area contributed by atoms with Crippen LogP contribution >= 0.6 is 11.6 Å². The lowest BCUT2D eigenvalue weighted by molar-refractivity contribution is 0.501. The van der Waals surface area contributed by atoms with Gasteiger partial charge in [-0.1, -0.05) is 25.4 Å². The van der Waals surface area contributed by atoms with Crippen LogP contribution in [-0.2, 0) is 6.42 Å². The molecule has 0 amide bonds. The van der Waals surface area contributed by atoms with Crippen molar-refractivity contribution in [2.24, 2.45) is 0 Å². The molecule has 0 saturated carbocycles. The molecule has 0 aliphatic heterocycles. The number of benzene rings is 1. The van der Waals surface area contributed by atoms with E-state index in [4.69, 9.17) is 16.0 Å². The molecule has 2 aromatic rings. The van der Waals surface area contributed by atoms with Crippen LogP contribution in [-0.4, -0.2) is 17.6 Å². The number of fused-ring (bicyclic) bond motifs is 1. The van der Waals surface area contributed by atoms with E-state index < -0.39 is 0 Å². The third-order valence-corrected chi connectivity index (χ3v) is 2.52. The summed E-state index contributed by atoms with van der Waals surface area (Å²) in [6, 6.07) is 5.98. The second-order valence-corrected chi connectivity index (χ2v) is 4.51. The summed E-state index contributed by atoms with van der Waals surface area (Å²) in [5.41, 5.74) is 1.62. The lowest BCUT2D eigenvalue weighted by atomic mass is 10.3. The van der Waals surface area contributed by atoms with Crippen molar-refractivity contribution in [1.29, 1.82) is 0 Å². The SMILES string of the molecule is CC(C)NCCc1nc2ccc(Cl)cc2o1. The van der Waals surface area contributed by atoms with Gasteiger partial charge in [-0.3, -0.25) is 0 Å². The van der Waals surface area contributed by atoms with Crippen LogP contribution in [0.5, 0.6) is 0 Å². The van der Waals surface area contributed by atoms with Gasteiger partial charge in [-0.15, -0.1) is 0 Å². The number of aromatic nitrogens is 1. The molecule has 1 N–H and O–H groups in total. The summed E-state index contributed by atoms with van der Waals surface area (Å²) in [6.45, 7) is 5.11. The standard InChI is InChI=1S/C12H15ClN2O/c1-8(2)14-6-5-12-15-10-4-3-9(13)7-11(10)16-12/h3-4,7-8,14H,5-6H2,1-2H3. The molecule has 0 unspecified atom stereocenters. The Kier molecular flexibility index (Phi) is 3.46. The molecule has 16 heavy (non-hydrogen) atoms. The highest BCUT2D eigenvalue weighted by molar-refractivity contribution is 6.31. The van der Waals surface area contributed by atoms with Gasteiger partial charge in [0, 0.05) is 30.1 Å². The molecule has 0 spiro atoms. The molecular weight excluding hydrogens is 224 g/mol. The normalized spacial score (nSPS) is 11.5. The van der Waals surface area contributed by atoms with Crippen molar-refractivity contribution in [2.75, 3.05) is 6.54 Å². The molecule has 3 nitrogen and oxygen atoms in total. The summed E-state index contributed by atoms with van der Waals surface area (Å²) in [5, 5.41) is 4.00. The minimum atomic E-state index is 0.485. The van der Waals surface area contributed by atoms with E-state index >= 15 is 0 Å². The van der Waals surface area contributed by atoms with Crippen LogP contribution in [0.1, 0.15) is 19.7 Å². The van der Waals surface area contributed by atoms with Crippen molar-refractivity contribution in [1.82, 2.24) is 10.3 Å². The van der Waals surface area contributed by atoms with Gasteiger partial charge in [0.05, 0.1) is 0 Å². The fourth-order valence-corrected chi connectivity index (χ4v) is 1.68. The van der Waals surface area contributed by atoms with Crippen LogP contribution in [0.2, 0.25) is 5.02 Å². The third kappa shape index (κ3) is 2.74. The lowest BCUT2D eigenvalue weighted by Gasteiger charge is -2.04. The number of hydrogen-bond donors (Lipinski definition) is 1. The molecular formula is C12H15ClN2O. The number of oxazole rings is 1. The van der Waals surface area contributed by atoms with Crippen LogP contribution in [0.25, 0.3) is 11.1 Å². The zero-order valence-corrected chi connectivity index (χ0v) is 10.2. The summed E-state index contributed by atoms with van der Waals surface area (Å²) in [7, 11) is 0. The maximum Gasteiger partial charge on any atom is 0.196 e. The minimum absolute atomic E-state index is 0.485. The summed E-state index contributed by atoms with van der Waals surface area (Å²) in [4.78, 5) is 4.39. The van der Waals surface area contributed by atoms with Gasteiger partial charge in [-0.05, 0) is 12.1 Å². The predicted molar refractivity (Wildman–Crippen MR) is 65.9 cm³/mol. The summed E-state index contributed by atoms with van der Waals surface area (Å²) in [6.07, 6.45) is 0.796. The van der Waals surface area contributed by atoms with Gasteiger partial charge in [-0.25, -0.2) is 4.98 Å². The van der Waals surface area contributed by atoms with E-state index in [2.05, 4.69) is 24.1 Å². The number of nitrogens with zero attached hydrogens (tertiary/aromatic N) is 1. The molecule has 86 valence electrons. The van der Waals surface area contributed by atoms with Gasteiger partial charge in [0.2, 0.25) is 0 Å². The van der Waals surface area contributed by atoms with Crippen LogP contribution in [0.4, 0.5) is 0 Å². The first-order valence-electron chi connectivity index (χ1n) is 5.43. The van der Waals surface area contributed by atoms with Crippen LogP contribution in [0.15, 0.2) is 22.6 Å². The van der Waals surface area contributed by atoms with Crippen molar-refractivity contribution in [3.63, 3.8) is 0 Å². The highest BCUT2D eigenvalue weighted by Gasteiger charge is 2.05. The number of rotatable bonds is 4. The Morgan fingerprint density at radius 1 is 1.44 bits per heavy atom. The molecule has 1 aromatic carbocycles. The summed E-state index contributed by atoms with van der Waals surface area (Å²) in [5.74, 6) is 0.755. The molecule has 0 aliphatic rings. The Balaban J connectivity index is 2.08. The molecule has 0 aliphatic carbocycles. The predicted octanol–water partition coefficient (Wildman–Crippen LogP) is 3.02. The molecule has 2 rings (SSSR count). The van der Waals surface area contributed by atoms with Crippen molar-refractivity contribution < 1.29 is 4.42 Å². The topological polar surface area (TPSA) is 38.1 Å². The smallest absolute Gasteiger partial charge is 0.196 e. The van der Waals surface area contributed by atoms with E-state index in [1.165, 1.54) is 0 Å². The first-order valence-corrected chi connectivity index (χ1v) is 5.81. The van der Waals surface area contributed by atoms with Gasteiger partial charge in [0.1, 0.15) is 5.52 Å². The number of hydrogen-bond acceptors (Lipinski definition) is 3. The molecule has 0 fully saturated rings. The summed E-state index contributed by atoms with van der Waals surface area (Å²) < 4.78 is 5.60. The van der Waals surface area contributed by atoms with Gasteiger partial charge in [-0.2, -0.15) is 0 Å². The van der Waals surface area contributed by atoms with Crippen molar-refractivity contribution in [2.45, 2.75) is 26.3 Å². The fourth-order valence-electron chi connectivity index (χ4n) is 1.52. The zero-order valence-electron chi connectivity index (χ0n) is 9.46. The maximum atomic E-state index is 5.87. The second-order valence-electron chi connectivity index (χ2n) is 4.08. The average molecular weight is 239 g/mol. The van der Waals surface area contributed by atoms with Gasteiger partial charge < -0.3 is 9.73 Å². The van der Waals surface area contributed by atoms with E-state index in [1.54, 1.807) is 6.07 Å². The second kappa shape index (κ2) is 4.85. The Hall–Kier alpha value is -1.06. The van der Waals surface area contributed by atoms with E-state index in [0.717, 1.165) is 30.0 Å². The highest BCUT2D eigenvalue weighted by Crippen LogP contribution is 2.20. The maximum absolute atomic E-state index is 5.87. The van der Waals surface area contributed by atoms with Gasteiger partial charge in [0.25, 0.3) is 0 Å². The van der Waals surface area contributed by atoms with E-state index in [9.17, 15) is 0 Å². The Bertz CT molecular complexity index is 479. The quantitative estimate of drug-likeness (QED) is 0.890. The molecule has 0 radical (unpaired) electrons. The number of nitrogens with one attached hydrogen (secondary N) is 1. The molecule has 0 saturated heterocycles. The van der Waals surface area contributed by atoms with Crippen LogP contribution < -0.4 is 5.32 Å². The van der Waals surface area contributed by atoms with Crippen LogP contribution in [0, 0.1) is 0 Å². The zero-order chi connectivity index (χ0) is 11.5. The molecule has 0 atom stereocenters. The molecule has 4 heteroatoms. The Labute approximate surface area is 99.8 Å². The highest BCUT2D eigenvalue weighted by atomic mass is 35.5. The van der Waals surface area contributed by atoms with E-state index in [0.29, 0.717) is 11.1 Å². The van der Waals surface area contributed by atoms with Crippen molar-refractivity contribution >= 4 is 22.7 Å². The molecule has 0 bridgehead atoms. The van der Waals surface area contributed by atoms with E-state index in [-0.39, 0.29) is 0 Å². The third-order valence-electron chi connectivity index (χ3n) is 2.29. The first kappa shape index (κ1) is 11.4. The van der Waals surface area contributed by atoms with Gasteiger partial charge >= 0.3 is 0 Å². The number of halogens is 1. The summed E-state index contributed by atoms with van der Waals surface area (Å²) >= 11 is 5.87.